The zero-order valence-electron chi connectivity index (χ0n) is 26.2. The molecule has 0 spiro atoms. The van der Waals surface area contributed by atoms with Crippen LogP contribution in [0.15, 0.2) is 48.2 Å². The van der Waals surface area contributed by atoms with E-state index < -0.39 is 5.41 Å². The first-order chi connectivity index (χ1) is 20.5. The Labute approximate surface area is 256 Å². The summed E-state index contributed by atoms with van der Waals surface area (Å²) in [4.78, 5) is 26.5. The van der Waals surface area contributed by atoms with E-state index in [4.69, 9.17) is 15.0 Å². The second-order valence-corrected chi connectivity index (χ2v) is 11.9. The molecule has 3 aromatic rings. The average Bonchev–Trinajstić information content (AvgIpc) is 3.63. The Kier molecular flexibility index (Phi) is 10.0. The van der Waals surface area contributed by atoms with Crippen molar-refractivity contribution in [1.29, 1.82) is 0 Å². The summed E-state index contributed by atoms with van der Waals surface area (Å²) in [6, 6.07) is 10.6. The number of carbonyl (C=O) groups excluding carboxylic acids is 1. The molecule has 1 aliphatic carbocycles. The molecule has 0 unspecified atom stereocenters. The molecule has 1 aliphatic heterocycles. The SMILES string of the molecule is CCN1NNc2c1ccc([C@@H](c1cc(CNC[C@@H](C)Cc3ncccc3C)n(C)n1)C(C)(C)C(=O)C1=C[CH]1)c2C.O=CO.[HH]. The van der Waals surface area contributed by atoms with Gasteiger partial charge in [-0.25, -0.2) is 0 Å². The molecule has 0 fully saturated rings. The summed E-state index contributed by atoms with van der Waals surface area (Å²) < 4.78 is 1.95. The van der Waals surface area contributed by atoms with Crippen molar-refractivity contribution >= 4 is 23.6 Å². The van der Waals surface area contributed by atoms with Crippen molar-refractivity contribution < 1.29 is 16.1 Å². The van der Waals surface area contributed by atoms with Gasteiger partial charge in [0, 0.05) is 56.8 Å². The van der Waals surface area contributed by atoms with Gasteiger partial charge in [0.1, 0.15) is 0 Å². The maximum atomic E-state index is 13.6. The number of aromatic nitrogens is 3. The molecule has 4 N–H and O–H groups in total. The van der Waals surface area contributed by atoms with Crippen LogP contribution in [0.2, 0.25) is 0 Å². The van der Waals surface area contributed by atoms with Crippen LogP contribution in [0.3, 0.4) is 0 Å². The number of pyridine rings is 1. The van der Waals surface area contributed by atoms with Gasteiger partial charge in [0.2, 0.25) is 0 Å². The van der Waals surface area contributed by atoms with Gasteiger partial charge < -0.3 is 15.8 Å². The zero-order chi connectivity index (χ0) is 31.3. The lowest BCUT2D eigenvalue weighted by Gasteiger charge is -2.33. The van der Waals surface area contributed by atoms with E-state index in [0.717, 1.165) is 64.7 Å². The number of benzene rings is 1. The number of carboxylic acid groups (broad SMARTS) is 1. The van der Waals surface area contributed by atoms with Crippen LogP contribution in [-0.2, 0) is 29.6 Å². The number of hydrogen-bond acceptors (Lipinski definition) is 8. The molecule has 3 heterocycles. The summed E-state index contributed by atoms with van der Waals surface area (Å²) >= 11 is 0. The molecular formula is C33H46N7O3. The third-order valence-electron chi connectivity index (χ3n) is 8.37. The zero-order valence-corrected chi connectivity index (χ0v) is 26.2. The van der Waals surface area contributed by atoms with Crippen LogP contribution in [0.4, 0.5) is 11.4 Å². The Balaban J connectivity index is 0.00000127. The highest BCUT2D eigenvalue weighted by atomic mass is 16.3. The van der Waals surface area contributed by atoms with Gasteiger partial charge in [-0.15, -0.1) is 5.53 Å². The molecule has 10 heteroatoms. The summed E-state index contributed by atoms with van der Waals surface area (Å²) in [6.45, 7) is 14.9. The minimum Gasteiger partial charge on any atom is -0.483 e. The molecule has 5 rings (SSSR count). The van der Waals surface area contributed by atoms with Crippen molar-refractivity contribution in [1.82, 2.24) is 25.6 Å². The fraction of sp³-hybridized carbons (Fsp3) is 0.424. The Morgan fingerprint density at radius 2 is 1.98 bits per heavy atom. The maximum absolute atomic E-state index is 13.6. The minimum atomic E-state index is -0.678. The Hall–Kier alpha value is -4.02. The van der Waals surface area contributed by atoms with Crippen molar-refractivity contribution in [2.24, 2.45) is 18.4 Å². The van der Waals surface area contributed by atoms with Gasteiger partial charge in [-0.1, -0.05) is 39.0 Å². The maximum Gasteiger partial charge on any atom is 0.290 e. The number of ketones is 1. The second kappa shape index (κ2) is 13.5. The van der Waals surface area contributed by atoms with E-state index in [0.29, 0.717) is 12.5 Å². The number of anilines is 2. The van der Waals surface area contributed by atoms with Crippen LogP contribution < -0.4 is 21.3 Å². The van der Waals surface area contributed by atoms with Gasteiger partial charge in [0.15, 0.2) is 5.78 Å². The normalized spacial score (nSPS) is 15.0. The number of rotatable bonds is 12. The van der Waals surface area contributed by atoms with Crippen molar-refractivity contribution in [2.45, 2.75) is 60.4 Å². The fourth-order valence-corrected chi connectivity index (χ4v) is 5.87. The Bertz CT molecular complexity index is 1500. The molecule has 2 aliphatic rings. The molecular weight excluding hydrogens is 542 g/mol. The third-order valence-corrected chi connectivity index (χ3v) is 8.37. The molecule has 1 radical (unpaired) electrons. The van der Waals surface area contributed by atoms with Crippen molar-refractivity contribution in [3.8, 4) is 0 Å². The number of hydrazine groups is 2. The average molecular weight is 589 g/mol. The number of nitrogens with one attached hydrogen (secondary N) is 3. The topological polar surface area (TPSA) is 124 Å². The molecule has 43 heavy (non-hydrogen) atoms. The fourth-order valence-electron chi connectivity index (χ4n) is 5.87. The molecule has 0 amide bonds. The van der Waals surface area contributed by atoms with E-state index in [1.165, 1.54) is 5.56 Å². The van der Waals surface area contributed by atoms with Gasteiger partial charge in [0.05, 0.1) is 22.8 Å². The number of nitrogens with zero attached hydrogens (tertiary/aromatic N) is 4. The highest BCUT2D eigenvalue weighted by Gasteiger charge is 2.44. The lowest BCUT2D eigenvalue weighted by molar-refractivity contribution is -0.124. The van der Waals surface area contributed by atoms with Crippen molar-refractivity contribution in [3.63, 3.8) is 0 Å². The summed E-state index contributed by atoms with van der Waals surface area (Å²) in [5.74, 6) is 0.401. The molecule has 10 nitrogen and oxygen atoms in total. The van der Waals surface area contributed by atoms with Crippen LogP contribution in [0.1, 0.15) is 68.8 Å². The highest BCUT2D eigenvalue weighted by molar-refractivity contribution is 6.07. The summed E-state index contributed by atoms with van der Waals surface area (Å²) in [5.41, 5.74) is 15.5. The van der Waals surface area contributed by atoms with E-state index in [2.05, 4.69) is 92.1 Å². The van der Waals surface area contributed by atoms with Crippen molar-refractivity contribution in [2.75, 3.05) is 23.5 Å². The van der Waals surface area contributed by atoms with Gasteiger partial charge in [-0.05, 0) is 74.5 Å². The van der Waals surface area contributed by atoms with E-state index >= 15 is 0 Å². The van der Waals surface area contributed by atoms with E-state index in [9.17, 15) is 4.79 Å². The highest BCUT2D eigenvalue weighted by Crippen LogP contribution is 2.48. The quantitative estimate of drug-likeness (QED) is 0.219. The lowest BCUT2D eigenvalue weighted by Crippen LogP contribution is -2.35. The molecule has 1 aromatic carbocycles. The van der Waals surface area contributed by atoms with Crippen LogP contribution in [0, 0.1) is 31.6 Å². The number of aryl methyl sites for hydroxylation is 2. The van der Waals surface area contributed by atoms with Crippen LogP contribution in [0.25, 0.3) is 0 Å². The Morgan fingerprint density at radius 1 is 1.26 bits per heavy atom. The molecule has 0 bridgehead atoms. The molecule has 0 saturated heterocycles. The van der Waals surface area contributed by atoms with E-state index in [1.807, 2.05) is 36.5 Å². The molecule has 231 valence electrons. The smallest absolute Gasteiger partial charge is 0.290 e. The van der Waals surface area contributed by atoms with Crippen LogP contribution >= 0.6 is 0 Å². The monoisotopic (exact) mass is 588 g/mol. The summed E-state index contributed by atoms with van der Waals surface area (Å²) in [7, 11) is 1.99. The number of hydrogen-bond donors (Lipinski definition) is 4. The number of fused-ring (bicyclic) bond motifs is 1. The first-order valence-corrected chi connectivity index (χ1v) is 14.8. The minimum absolute atomic E-state index is 0. The summed E-state index contributed by atoms with van der Waals surface area (Å²) in [6.07, 6.45) is 6.62. The van der Waals surface area contributed by atoms with Crippen molar-refractivity contribution in [3.05, 3.63) is 88.4 Å². The van der Waals surface area contributed by atoms with Crippen LogP contribution in [0.5, 0.6) is 0 Å². The van der Waals surface area contributed by atoms with Crippen LogP contribution in [-0.4, -0.2) is 45.2 Å². The van der Waals surface area contributed by atoms with Gasteiger partial charge in [-0.3, -0.25) is 24.3 Å². The second-order valence-electron chi connectivity index (χ2n) is 11.9. The van der Waals surface area contributed by atoms with Gasteiger partial charge >= 0.3 is 0 Å². The summed E-state index contributed by atoms with van der Waals surface area (Å²) in [5, 5.41) is 17.6. The number of carbonyl (C=O) groups is 2. The predicted molar refractivity (Wildman–Crippen MR) is 172 cm³/mol. The largest absolute Gasteiger partial charge is 0.483 e. The Morgan fingerprint density at radius 3 is 2.63 bits per heavy atom. The number of Topliss-reactive ketones (excluding diaryl/α,β-unsaturated/α-hetero) is 1. The molecule has 0 saturated carbocycles. The van der Waals surface area contributed by atoms with Gasteiger partial charge in [0.25, 0.3) is 6.47 Å². The molecule has 2 atom stereocenters. The standard InChI is InChI=1S/C32H42N7O.CH2O2.H2/c1-8-39-28-14-13-25(22(4)30(28)35-37-39)29(32(5,6)31(40)23-11-12-23)27-17-24(38(7)36-27)19-33-18-20(2)16-26-21(3)10-9-15-34-26;2-1-3;/h9-15,17,20,29,33,35,37H,8,16,18-19H2,1-7H3;1H,(H,2,3);1H/t20-,29-;;/m0../s1. The predicted octanol–water partition coefficient (Wildman–Crippen LogP) is 4.89. The van der Waals surface area contributed by atoms with E-state index in [1.54, 1.807) is 0 Å². The lowest BCUT2D eigenvalue weighted by atomic mass is 9.68. The number of allylic oxidation sites excluding steroid dienone is 2. The van der Waals surface area contributed by atoms with E-state index in [-0.39, 0.29) is 19.6 Å². The van der Waals surface area contributed by atoms with Gasteiger partial charge in [-0.2, -0.15) is 5.10 Å². The molecule has 2 aromatic heterocycles. The third kappa shape index (κ3) is 6.97. The first-order valence-electron chi connectivity index (χ1n) is 14.8. The first kappa shape index (κ1) is 31.9.